The molecule has 2 nitrogen and oxygen atoms in total. The van der Waals surface area contributed by atoms with Gasteiger partial charge in [-0.1, -0.05) is 140 Å². The summed E-state index contributed by atoms with van der Waals surface area (Å²) in [5, 5.41) is 9.71. The van der Waals surface area contributed by atoms with Crippen molar-refractivity contribution < 1.29 is 4.42 Å². The van der Waals surface area contributed by atoms with Gasteiger partial charge >= 0.3 is 0 Å². The molecule has 0 radical (unpaired) electrons. The van der Waals surface area contributed by atoms with Gasteiger partial charge in [-0.3, -0.25) is 0 Å². The molecule has 9 aromatic carbocycles. The van der Waals surface area contributed by atoms with Gasteiger partial charge in [-0.25, -0.2) is 0 Å². The number of hydrogen-bond donors (Lipinski definition) is 0. The molecule has 248 valence electrons. The molecule has 0 spiro atoms. The minimum absolute atomic E-state index is 0.888. The highest BCUT2D eigenvalue weighted by Gasteiger charge is 2.23. The number of furan rings is 1. The lowest BCUT2D eigenvalue weighted by molar-refractivity contribution is 0.669. The first-order valence-electron chi connectivity index (χ1n) is 18.0. The number of nitrogens with zero attached hydrogens (tertiary/aromatic N) is 1. The molecule has 0 saturated heterocycles. The number of benzene rings is 9. The predicted molar refractivity (Wildman–Crippen MR) is 227 cm³/mol. The molecule has 0 N–H and O–H groups in total. The van der Waals surface area contributed by atoms with Gasteiger partial charge in [-0.15, -0.1) is 11.3 Å². The van der Waals surface area contributed by atoms with Gasteiger partial charge < -0.3 is 9.32 Å². The molecule has 3 heteroatoms. The van der Waals surface area contributed by atoms with Crippen molar-refractivity contribution in [3.8, 4) is 22.3 Å². The third-order valence-corrected chi connectivity index (χ3v) is 11.8. The van der Waals surface area contributed by atoms with Crippen LogP contribution in [0.5, 0.6) is 0 Å². The predicted octanol–water partition coefficient (Wildman–Crippen LogP) is 15.1. The summed E-state index contributed by atoms with van der Waals surface area (Å²) in [6.45, 7) is 0. The van der Waals surface area contributed by atoms with Gasteiger partial charge in [0.25, 0.3) is 0 Å². The Morgan fingerprint density at radius 1 is 0.396 bits per heavy atom. The lowest BCUT2D eigenvalue weighted by atomic mass is 9.98. The van der Waals surface area contributed by atoms with Crippen molar-refractivity contribution in [1.29, 1.82) is 0 Å². The topological polar surface area (TPSA) is 16.4 Å². The van der Waals surface area contributed by atoms with E-state index in [1.54, 1.807) is 0 Å². The molecule has 0 amide bonds. The van der Waals surface area contributed by atoms with Crippen molar-refractivity contribution in [2.45, 2.75) is 0 Å². The van der Waals surface area contributed by atoms with Crippen LogP contribution in [0.25, 0.3) is 85.9 Å². The Balaban J connectivity index is 1.21. The molecule has 0 saturated carbocycles. The second kappa shape index (κ2) is 11.9. The third-order valence-electron chi connectivity index (χ3n) is 10.6. The first kappa shape index (κ1) is 30.0. The highest BCUT2D eigenvalue weighted by Crippen LogP contribution is 2.50. The highest BCUT2D eigenvalue weighted by atomic mass is 32.1. The van der Waals surface area contributed by atoms with E-state index < -0.39 is 0 Å². The maximum absolute atomic E-state index is 6.31. The third kappa shape index (κ3) is 4.86. The molecule has 2 heterocycles. The molecule has 0 unspecified atom stereocenters. The lowest BCUT2D eigenvalue weighted by Gasteiger charge is -2.27. The molecule has 0 bridgehead atoms. The van der Waals surface area contributed by atoms with Gasteiger partial charge in [0.1, 0.15) is 11.2 Å². The zero-order valence-electron chi connectivity index (χ0n) is 28.7. The Morgan fingerprint density at radius 2 is 1.06 bits per heavy atom. The smallest absolute Gasteiger partial charge is 0.135 e. The minimum atomic E-state index is 0.888. The fraction of sp³-hybridized carbons (Fsp3) is 0. The molecule has 53 heavy (non-hydrogen) atoms. The zero-order chi connectivity index (χ0) is 34.9. The van der Waals surface area contributed by atoms with Crippen molar-refractivity contribution in [2.75, 3.05) is 4.90 Å². The molecular formula is C50H31NOS. The number of thiophene rings is 1. The summed E-state index contributed by atoms with van der Waals surface area (Å²) in [6, 6.07) is 68.1. The minimum Gasteiger partial charge on any atom is -0.456 e. The number of para-hydroxylation sites is 1. The number of anilines is 3. The van der Waals surface area contributed by atoms with Crippen LogP contribution in [0.2, 0.25) is 0 Å². The molecule has 0 atom stereocenters. The van der Waals surface area contributed by atoms with E-state index >= 15 is 0 Å². The van der Waals surface area contributed by atoms with Crippen LogP contribution in [0, 0.1) is 0 Å². The van der Waals surface area contributed by atoms with Crippen LogP contribution in [0.3, 0.4) is 0 Å². The number of fused-ring (bicyclic) bond motifs is 9. The van der Waals surface area contributed by atoms with Crippen LogP contribution in [0.15, 0.2) is 192 Å². The van der Waals surface area contributed by atoms with Gasteiger partial charge in [-0.05, 0) is 92.3 Å². The van der Waals surface area contributed by atoms with Gasteiger partial charge in [-0.2, -0.15) is 0 Å². The summed E-state index contributed by atoms with van der Waals surface area (Å²) in [6.07, 6.45) is 0. The maximum atomic E-state index is 6.31. The summed E-state index contributed by atoms with van der Waals surface area (Å²) >= 11 is 1.88. The number of hydrogen-bond acceptors (Lipinski definition) is 3. The van der Waals surface area contributed by atoms with E-state index in [-0.39, 0.29) is 0 Å². The second-order valence-electron chi connectivity index (χ2n) is 13.7. The zero-order valence-corrected chi connectivity index (χ0v) is 29.5. The molecule has 11 rings (SSSR count). The maximum Gasteiger partial charge on any atom is 0.135 e. The van der Waals surface area contributed by atoms with Crippen molar-refractivity contribution in [3.63, 3.8) is 0 Å². The first-order chi connectivity index (χ1) is 26.3. The SMILES string of the molecule is c1ccc(-c2ccc3c(c2)sc2c(-c4ccccc4)ccc(N(c4ccc5c(ccc6ccccc65)c4)c4ccc5oc6ccccc6c5c4)c23)cc1. The van der Waals surface area contributed by atoms with E-state index in [2.05, 4.69) is 181 Å². The monoisotopic (exact) mass is 693 g/mol. The van der Waals surface area contributed by atoms with Gasteiger partial charge in [0.05, 0.1) is 5.69 Å². The molecule has 0 fully saturated rings. The summed E-state index contributed by atoms with van der Waals surface area (Å²) < 4.78 is 8.86. The van der Waals surface area contributed by atoms with Crippen molar-refractivity contribution in [3.05, 3.63) is 188 Å². The molecule has 0 aliphatic carbocycles. The van der Waals surface area contributed by atoms with E-state index in [0.29, 0.717) is 0 Å². The fourth-order valence-corrected chi connectivity index (χ4v) is 9.42. The normalized spacial score (nSPS) is 11.8. The van der Waals surface area contributed by atoms with E-state index in [0.717, 1.165) is 39.0 Å². The fourth-order valence-electron chi connectivity index (χ4n) is 8.12. The Morgan fingerprint density at radius 3 is 1.92 bits per heavy atom. The van der Waals surface area contributed by atoms with Gasteiger partial charge in [0.15, 0.2) is 0 Å². The van der Waals surface area contributed by atoms with Crippen LogP contribution < -0.4 is 4.90 Å². The average Bonchev–Trinajstić information content (AvgIpc) is 3.80. The van der Waals surface area contributed by atoms with Gasteiger partial charge in [0.2, 0.25) is 0 Å². The van der Waals surface area contributed by atoms with E-state index in [9.17, 15) is 0 Å². The molecule has 0 aliphatic rings. The standard InChI is InChI=1S/C50H31NOS/c1-3-11-32(12-4-1)35-21-24-43-48(30-35)53-50-41(33-13-5-2-6-14-33)26-27-45(49(43)50)51(38-23-28-47-44(31-38)42-17-9-10-18-46(42)52-47)37-22-25-40-36(29-37)20-19-34-15-7-8-16-39(34)40/h1-31H. The summed E-state index contributed by atoms with van der Waals surface area (Å²) in [5.74, 6) is 0. The lowest BCUT2D eigenvalue weighted by Crippen LogP contribution is -2.10. The quantitative estimate of drug-likeness (QED) is 0.167. The average molecular weight is 694 g/mol. The second-order valence-corrected chi connectivity index (χ2v) is 14.7. The Kier molecular flexibility index (Phi) is 6.76. The summed E-state index contributed by atoms with van der Waals surface area (Å²) in [4.78, 5) is 2.45. The Bertz CT molecular complexity index is 3180. The van der Waals surface area contributed by atoms with Crippen molar-refractivity contribution in [2.24, 2.45) is 0 Å². The van der Waals surface area contributed by atoms with E-state index in [1.807, 2.05) is 23.5 Å². The molecule has 0 aliphatic heterocycles. The number of rotatable bonds is 5. The van der Waals surface area contributed by atoms with Crippen LogP contribution in [0.4, 0.5) is 17.1 Å². The van der Waals surface area contributed by atoms with E-state index in [1.165, 1.54) is 64.0 Å². The summed E-state index contributed by atoms with van der Waals surface area (Å²) in [5.41, 5.74) is 10.0. The van der Waals surface area contributed by atoms with Crippen molar-refractivity contribution >= 4 is 92.1 Å². The van der Waals surface area contributed by atoms with Crippen LogP contribution in [-0.4, -0.2) is 0 Å². The van der Waals surface area contributed by atoms with Crippen LogP contribution in [0.1, 0.15) is 0 Å². The first-order valence-corrected chi connectivity index (χ1v) is 18.8. The van der Waals surface area contributed by atoms with Crippen LogP contribution >= 0.6 is 11.3 Å². The van der Waals surface area contributed by atoms with Gasteiger partial charge in [0, 0.05) is 42.3 Å². The molecular weight excluding hydrogens is 663 g/mol. The Hall–Kier alpha value is -6.68. The Labute approximate surface area is 310 Å². The molecule has 2 aromatic heterocycles. The van der Waals surface area contributed by atoms with E-state index in [4.69, 9.17) is 4.42 Å². The molecule has 11 aromatic rings. The highest BCUT2D eigenvalue weighted by molar-refractivity contribution is 7.26. The summed E-state index contributed by atoms with van der Waals surface area (Å²) in [7, 11) is 0. The van der Waals surface area contributed by atoms with Crippen molar-refractivity contribution in [1.82, 2.24) is 0 Å². The van der Waals surface area contributed by atoms with Crippen LogP contribution in [-0.2, 0) is 0 Å². The largest absolute Gasteiger partial charge is 0.456 e.